The molecule has 3 aromatic carbocycles. The molecule has 0 unspecified atom stereocenters. The molecule has 0 radical (unpaired) electrons. The van der Waals surface area contributed by atoms with Gasteiger partial charge in [-0.05, 0) is 28.8 Å². The van der Waals surface area contributed by atoms with E-state index in [9.17, 15) is 4.79 Å². The summed E-state index contributed by atoms with van der Waals surface area (Å²) in [5.41, 5.74) is 4.11. The van der Waals surface area contributed by atoms with Crippen LogP contribution in [0.5, 0.6) is 0 Å². The zero-order chi connectivity index (χ0) is 27.6. The van der Waals surface area contributed by atoms with E-state index >= 15 is 0 Å². The van der Waals surface area contributed by atoms with Gasteiger partial charge in [0.15, 0.2) is 0 Å². The van der Waals surface area contributed by atoms with Gasteiger partial charge in [-0.2, -0.15) is 0 Å². The van der Waals surface area contributed by atoms with E-state index in [0.717, 1.165) is 16.7 Å². The lowest BCUT2D eigenvalue weighted by atomic mass is 10.0. The molecule has 1 aromatic heterocycles. The summed E-state index contributed by atoms with van der Waals surface area (Å²) in [6.07, 6.45) is -0.387. The number of hydrogen-bond acceptors (Lipinski definition) is 7. The molecule has 0 bridgehead atoms. The van der Waals surface area contributed by atoms with Crippen molar-refractivity contribution in [3.63, 3.8) is 0 Å². The van der Waals surface area contributed by atoms with Crippen LogP contribution in [0.1, 0.15) is 38.8 Å². The second-order valence-electron chi connectivity index (χ2n) is 9.58. The molecule has 0 aliphatic carbocycles. The van der Waals surface area contributed by atoms with E-state index in [1.54, 1.807) is 18.3 Å². The van der Waals surface area contributed by atoms with E-state index in [0.29, 0.717) is 37.7 Å². The molecule has 1 aliphatic heterocycles. The van der Waals surface area contributed by atoms with E-state index in [1.165, 1.54) is 7.11 Å². The van der Waals surface area contributed by atoms with E-state index in [4.69, 9.17) is 23.7 Å². The molecular weight excluding hydrogens is 506 g/mol. The number of benzene rings is 3. The van der Waals surface area contributed by atoms with Crippen molar-refractivity contribution in [1.29, 1.82) is 0 Å². The third kappa shape index (κ3) is 7.20. The average molecular weight is 540 g/mol. The minimum Gasteiger partial charge on any atom is -0.465 e. The maximum absolute atomic E-state index is 12.3. The first-order valence-electron chi connectivity index (χ1n) is 13.3. The Morgan fingerprint density at radius 2 is 1.30 bits per heavy atom. The van der Waals surface area contributed by atoms with Gasteiger partial charge in [0.05, 0.1) is 44.8 Å². The quantitative estimate of drug-likeness (QED) is 0.214. The normalized spacial score (nSPS) is 20.3. The van der Waals surface area contributed by atoms with Crippen molar-refractivity contribution in [3.8, 4) is 0 Å². The first-order valence-corrected chi connectivity index (χ1v) is 13.3. The van der Waals surface area contributed by atoms with Crippen molar-refractivity contribution in [3.05, 3.63) is 137 Å². The SMILES string of the molecule is COC(=O)c1ccnc([C@@H]2O[C@H](COCc3ccccc3)[C@@H](OCc3ccccc3)[C@H]2OCc2ccccc2)c1. The Labute approximate surface area is 234 Å². The van der Waals surface area contributed by atoms with Crippen molar-refractivity contribution in [2.24, 2.45) is 0 Å². The molecule has 0 N–H and O–H groups in total. The fourth-order valence-corrected chi connectivity index (χ4v) is 4.73. The van der Waals surface area contributed by atoms with Crippen LogP contribution >= 0.6 is 0 Å². The van der Waals surface area contributed by atoms with Crippen LogP contribution in [0.15, 0.2) is 109 Å². The molecule has 206 valence electrons. The molecule has 4 atom stereocenters. The predicted molar refractivity (Wildman–Crippen MR) is 149 cm³/mol. The van der Waals surface area contributed by atoms with Gasteiger partial charge in [-0.25, -0.2) is 4.79 Å². The Hall–Kier alpha value is -3.88. The maximum atomic E-state index is 12.3. The summed E-state index contributed by atoms with van der Waals surface area (Å²) >= 11 is 0. The number of pyridine rings is 1. The lowest BCUT2D eigenvalue weighted by Crippen LogP contribution is -2.38. The number of esters is 1. The summed E-state index contributed by atoms with van der Waals surface area (Å²) in [6, 6.07) is 33.3. The van der Waals surface area contributed by atoms with Crippen molar-refractivity contribution in [2.45, 2.75) is 44.2 Å². The van der Waals surface area contributed by atoms with Crippen LogP contribution in [0.25, 0.3) is 0 Å². The molecule has 7 nitrogen and oxygen atoms in total. The van der Waals surface area contributed by atoms with Crippen LogP contribution in [0.2, 0.25) is 0 Å². The second kappa shape index (κ2) is 14.0. The lowest BCUT2D eigenvalue weighted by Gasteiger charge is -2.25. The Morgan fingerprint density at radius 3 is 1.88 bits per heavy atom. The molecule has 0 saturated carbocycles. The van der Waals surface area contributed by atoms with Crippen LogP contribution in [0.4, 0.5) is 0 Å². The third-order valence-electron chi connectivity index (χ3n) is 6.77. The summed E-state index contributed by atoms with van der Waals surface area (Å²) in [4.78, 5) is 16.8. The molecule has 7 heteroatoms. The molecule has 4 aromatic rings. The van der Waals surface area contributed by atoms with Gasteiger partial charge in [0.2, 0.25) is 0 Å². The monoisotopic (exact) mass is 539 g/mol. The van der Waals surface area contributed by atoms with Crippen molar-refractivity contribution in [1.82, 2.24) is 4.98 Å². The fourth-order valence-electron chi connectivity index (χ4n) is 4.73. The predicted octanol–water partition coefficient (Wildman–Crippen LogP) is 5.70. The van der Waals surface area contributed by atoms with Crippen LogP contribution in [-0.4, -0.2) is 43.0 Å². The Balaban J connectivity index is 1.41. The van der Waals surface area contributed by atoms with Crippen molar-refractivity contribution in [2.75, 3.05) is 13.7 Å². The van der Waals surface area contributed by atoms with Crippen LogP contribution in [0, 0.1) is 0 Å². The highest BCUT2D eigenvalue weighted by Crippen LogP contribution is 2.38. The summed E-state index contributed by atoms with van der Waals surface area (Å²) < 4.78 is 30.6. The van der Waals surface area contributed by atoms with E-state index in [2.05, 4.69) is 4.98 Å². The summed E-state index contributed by atoms with van der Waals surface area (Å²) in [6.45, 7) is 1.50. The van der Waals surface area contributed by atoms with Gasteiger partial charge in [-0.15, -0.1) is 0 Å². The minimum absolute atomic E-state index is 0.298. The smallest absolute Gasteiger partial charge is 0.337 e. The molecule has 1 aliphatic rings. The van der Waals surface area contributed by atoms with Gasteiger partial charge >= 0.3 is 5.97 Å². The van der Waals surface area contributed by atoms with Gasteiger partial charge in [0.1, 0.15) is 24.4 Å². The number of rotatable bonds is 12. The van der Waals surface area contributed by atoms with Crippen LogP contribution in [-0.2, 0) is 43.5 Å². The number of aromatic nitrogens is 1. The van der Waals surface area contributed by atoms with Crippen LogP contribution < -0.4 is 0 Å². The molecule has 2 heterocycles. The van der Waals surface area contributed by atoms with Gasteiger partial charge < -0.3 is 23.7 Å². The molecule has 0 amide bonds. The lowest BCUT2D eigenvalue weighted by molar-refractivity contribution is -0.0898. The molecular formula is C33H33NO6. The topological polar surface area (TPSA) is 76.1 Å². The second-order valence-corrected chi connectivity index (χ2v) is 9.58. The van der Waals surface area contributed by atoms with Gasteiger partial charge in [0, 0.05) is 6.20 Å². The standard InChI is InChI=1S/C33H33NO6/c1-36-33(35)27-17-18-34-28(19-27)30-32(39-22-26-15-9-4-10-16-26)31(38-21-25-13-7-3-8-14-25)29(40-30)23-37-20-24-11-5-2-6-12-24/h2-19,29-32H,20-23H2,1H3/t29-,30+,31-,32+/m1/s1. The molecule has 40 heavy (non-hydrogen) atoms. The fraction of sp³-hybridized carbons (Fsp3) is 0.273. The molecule has 0 spiro atoms. The molecule has 1 saturated heterocycles. The number of hydrogen-bond donors (Lipinski definition) is 0. The number of carbonyl (C=O) groups is 1. The van der Waals surface area contributed by atoms with Crippen molar-refractivity contribution >= 4 is 5.97 Å². The van der Waals surface area contributed by atoms with E-state index in [1.807, 2.05) is 91.0 Å². The first-order chi connectivity index (χ1) is 19.7. The summed E-state index contributed by atoms with van der Waals surface area (Å²) in [5.74, 6) is -0.442. The number of methoxy groups -OCH3 is 1. The Kier molecular flexibility index (Phi) is 9.66. The third-order valence-corrected chi connectivity index (χ3v) is 6.77. The first kappa shape index (κ1) is 27.7. The van der Waals surface area contributed by atoms with Gasteiger partial charge in [-0.3, -0.25) is 4.98 Å². The average Bonchev–Trinajstić information content (AvgIpc) is 3.37. The molecule has 5 rings (SSSR count). The summed E-state index contributed by atoms with van der Waals surface area (Å²) in [7, 11) is 1.35. The zero-order valence-corrected chi connectivity index (χ0v) is 22.4. The Bertz CT molecular complexity index is 1330. The summed E-state index contributed by atoms with van der Waals surface area (Å²) in [5, 5.41) is 0. The maximum Gasteiger partial charge on any atom is 0.337 e. The Morgan fingerprint density at radius 1 is 0.750 bits per heavy atom. The largest absolute Gasteiger partial charge is 0.465 e. The van der Waals surface area contributed by atoms with Crippen LogP contribution in [0.3, 0.4) is 0 Å². The highest BCUT2D eigenvalue weighted by Gasteiger charge is 2.48. The molecule has 1 fully saturated rings. The van der Waals surface area contributed by atoms with E-state index < -0.39 is 30.4 Å². The highest BCUT2D eigenvalue weighted by molar-refractivity contribution is 5.89. The van der Waals surface area contributed by atoms with E-state index in [-0.39, 0.29) is 0 Å². The van der Waals surface area contributed by atoms with Gasteiger partial charge in [-0.1, -0.05) is 91.0 Å². The highest BCUT2D eigenvalue weighted by atomic mass is 16.6. The number of nitrogens with zero attached hydrogens (tertiary/aromatic N) is 1. The zero-order valence-electron chi connectivity index (χ0n) is 22.4. The van der Waals surface area contributed by atoms with Crippen molar-refractivity contribution < 1.29 is 28.5 Å². The minimum atomic E-state index is -0.584. The van der Waals surface area contributed by atoms with Gasteiger partial charge in [0.25, 0.3) is 0 Å². The number of carbonyl (C=O) groups excluding carboxylic acids is 1. The number of ether oxygens (including phenoxy) is 5.